The highest BCUT2D eigenvalue weighted by atomic mass is 28.3. The molecule has 0 heterocycles. The van der Waals surface area contributed by atoms with E-state index in [4.69, 9.17) is 4.43 Å². The van der Waals surface area contributed by atoms with Gasteiger partial charge in [0, 0.05) is 0 Å². The minimum atomic E-state index is -0.580. The lowest BCUT2D eigenvalue weighted by atomic mass is 9.86. The zero-order valence-corrected chi connectivity index (χ0v) is 11.4. The van der Waals surface area contributed by atoms with E-state index in [2.05, 4.69) is 58.1 Å². The Hall–Kier alpha value is -0.603. The van der Waals surface area contributed by atoms with Crippen LogP contribution in [0.4, 0.5) is 0 Å². The molecule has 0 atom stereocenters. The average Bonchev–Trinajstić information content (AvgIpc) is 2.14. The Labute approximate surface area is 95.2 Å². The van der Waals surface area contributed by atoms with E-state index >= 15 is 0 Å². The second kappa shape index (κ2) is 4.95. The van der Waals surface area contributed by atoms with Gasteiger partial charge in [0.1, 0.15) is 0 Å². The SMILES string of the molecule is C[Si](C)OCc1cccc(C(C)(C)C)c1. The van der Waals surface area contributed by atoms with Crippen molar-refractivity contribution in [1.29, 1.82) is 0 Å². The maximum Gasteiger partial charge on any atom is 0.205 e. The van der Waals surface area contributed by atoms with Crippen molar-refractivity contribution >= 4 is 9.04 Å². The van der Waals surface area contributed by atoms with Gasteiger partial charge in [-0.25, -0.2) is 0 Å². The van der Waals surface area contributed by atoms with Crippen molar-refractivity contribution in [3.05, 3.63) is 35.4 Å². The highest BCUT2D eigenvalue weighted by Crippen LogP contribution is 2.23. The Kier molecular flexibility index (Phi) is 4.11. The Bertz CT molecular complexity index is 313. The van der Waals surface area contributed by atoms with Gasteiger partial charge < -0.3 is 4.43 Å². The average molecular weight is 221 g/mol. The molecule has 0 saturated heterocycles. The first-order valence-corrected chi connectivity index (χ1v) is 7.83. The van der Waals surface area contributed by atoms with Crippen LogP contribution < -0.4 is 0 Å². The third-order valence-corrected chi connectivity index (χ3v) is 3.04. The van der Waals surface area contributed by atoms with Crippen molar-refractivity contribution < 1.29 is 4.43 Å². The molecule has 15 heavy (non-hydrogen) atoms. The summed E-state index contributed by atoms with van der Waals surface area (Å²) in [5.74, 6) is 0. The molecular formula is C13H21OSi. The Morgan fingerprint density at radius 2 is 1.87 bits per heavy atom. The summed E-state index contributed by atoms with van der Waals surface area (Å²) >= 11 is 0. The number of hydrogen-bond acceptors (Lipinski definition) is 1. The van der Waals surface area contributed by atoms with Crippen LogP contribution >= 0.6 is 0 Å². The molecule has 1 nitrogen and oxygen atoms in total. The van der Waals surface area contributed by atoms with Gasteiger partial charge in [0.05, 0.1) is 6.61 Å². The van der Waals surface area contributed by atoms with Crippen molar-refractivity contribution in [2.75, 3.05) is 0 Å². The zero-order chi connectivity index (χ0) is 11.5. The van der Waals surface area contributed by atoms with E-state index in [0.717, 1.165) is 6.61 Å². The van der Waals surface area contributed by atoms with E-state index in [1.54, 1.807) is 0 Å². The Morgan fingerprint density at radius 3 is 2.40 bits per heavy atom. The maximum absolute atomic E-state index is 5.70. The van der Waals surface area contributed by atoms with Crippen LogP contribution in [-0.2, 0) is 16.4 Å². The van der Waals surface area contributed by atoms with Crippen LogP contribution in [0.2, 0.25) is 13.1 Å². The predicted octanol–water partition coefficient (Wildman–Crippen LogP) is 3.75. The molecule has 1 aromatic rings. The van der Waals surface area contributed by atoms with Crippen molar-refractivity contribution in [2.24, 2.45) is 0 Å². The molecule has 0 spiro atoms. The second-order valence-electron chi connectivity index (χ2n) is 5.15. The van der Waals surface area contributed by atoms with E-state index in [-0.39, 0.29) is 5.41 Å². The fourth-order valence-corrected chi connectivity index (χ4v) is 1.81. The largest absolute Gasteiger partial charge is 0.413 e. The van der Waals surface area contributed by atoms with Crippen molar-refractivity contribution in [3.8, 4) is 0 Å². The Balaban J connectivity index is 2.75. The lowest BCUT2D eigenvalue weighted by Gasteiger charge is -2.20. The molecule has 0 bridgehead atoms. The van der Waals surface area contributed by atoms with Crippen LogP contribution in [0.15, 0.2) is 24.3 Å². The molecule has 0 unspecified atom stereocenters. The molecule has 1 radical (unpaired) electrons. The van der Waals surface area contributed by atoms with Gasteiger partial charge in [-0.05, 0) is 29.6 Å². The topological polar surface area (TPSA) is 9.23 Å². The molecular weight excluding hydrogens is 200 g/mol. The molecule has 0 aliphatic heterocycles. The quantitative estimate of drug-likeness (QED) is 0.706. The fraction of sp³-hybridized carbons (Fsp3) is 0.538. The summed E-state index contributed by atoms with van der Waals surface area (Å²) in [6, 6.07) is 8.70. The lowest BCUT2D eigenvalue weighted by Crippen LogP contribution is -2.12. The summed E-state index contributed by atoms with van der Waals surface area (Å²) < 4.78 is 5.70. The third-order valence-electron chi connectivity index (χ3n) is 2.32. The number of benzene rings is 1. The summed E-state index contributed by atoms with van der Waals surface area (Å²) in [5.41, 5.74) is 2.89. The molecule has 2 heteroatoms. The minimum absolute atomic E-state index is 0.224. The summed E-state index contributed by atoms with van der Waals surface area (Å²) in [4.78, 5) is 0. The highest BCUT2D eigenvalue weighted by molar-refractivity contribution is 6.48. The number of hydrogen-bond donors (Lipinski definition) is 0. The molecule has 0 aliphatic carbocycles. The second-order valence-corrected chi connectivity index (χ2v) is 7.25. The molecule has 0 aliphatic rings. The lowest BCUT2D eigenvalue weighted by molar-refractivity contribution is 0.314. The predicted molar refractivity (Wildman–Crippen MR) is 67.4 cm³/mol. The van der Waals surface area contributed by atoms with Gasteiger partial charge in [-0.2, -0.15) is 0 Å². The molecule has 0 aromatic heterocycles. The van der Waals surface area contributed by atoms with Gasteiger partial charge in [0.25, 0.3) is 0 Å². The first kappa shape index (κ1) is 12.5. The Morgan fingerprint density at radius 1 is 1.20 bits per heavy atom. The van der Waals surface area contributed by atoms with Gasteiger partial charge in [-0.1, -0.05) is 45.0 Å². The van der Waals surface area contributed by atoms with Gasteiger partial charge in [-0.15, -0.1) is 0 Å². The van der Waals surface area contributed by atoms with E-state index in [1.165, 1.54) is 11.1 Å². The van der Waals surface area contributed by atoms with Gasteiger partial charge in [0.15, 0.2) is 0 Å². The van der Waals surface area contributed by atoms with Crippen LogP contribution in [0, 0.1) is 0 Å². The van der Waals surface area contributed by atoms with E-state index < -0.39 is 9.04 Å². The molecule has 0 fully saturated rings. The molecule has 83 valence electrons. The maximum atomic E-state index is 5.70. The molecule has 0 amide bonds. The van der Waals surface area contributed by atoms with E-state index in [9.17, 15) is 0 Å². The van der Waals surface area contributed by atoms with Crippen LogP contribution in [0.3, 0.4) is 0 Å². The van der Waals surface area contributed by atoms with Gasteiger partial charge in [-0.3, -0.25) is 0 Å². The minimum Gasteiger partial charge on any atom is -0.413 e. The summed E-state index contributed by atoms with van der Waals surface area (Å²) in [7, 11) is -0.580. The molecule has 0 saturated carbocycles. The first-order valence-electron chi connectivity index (χ1n) is 5.42. The monoisotopic (exact) mass is 221 g/mol. The van der Waals surface area contributed by atoms with Crippen molar-refractivity contribution in [3.63, 3.8) is 0 Å². The van der Waals surface area contributed by atoms with E-state index in [0.29, 0.717) is 0 Å². The third kappa shape index (κ3) is 4.18. The highest BCUT2D eigenvalue weighted by Gasteiger charge is 2.13. The van der Waals surface area contributed by atoms with Crippen LogP contribution in [0.1, 0.15) is 31.9 Å². The van der Waals surface area contributed by atoms with E-state index in [1.807, 2.05) is 0 Å². The van der Waals surface area contributed by atoms with Gasteiger partial charge in [0.2, 0.25) is 9.04 Å². The normalized spacial score (nSPS) is 12.1. The standard InChI is InChI=1S/C13H21OSi/c1-13(2,3)12-8-6-7-11(9-12)10-14-15(4)5/h6-9H,10H2,1-5H3. The zero-order valence-electron chi connectivity index (χ0n) is 10.4. The summed E-state index contributed by atoms with van der Waals surface area (Å²) in [5, 5.41) is 0. The van der Waals surface area contributed by atoms with Gasteiger partial charge >= 0.3 is 0 Å². The fourth-order valence-electron chi connectivity index (χ4n) is 1.36. The van der Waals surface area contributed by atoms with Crippen molar-refractivity contribution in [2.45, 2.75) is 45.9 Å². The molecule has 0 N–H and O–H groups in total. The first-order chi connectivity index (χ1) is 6.89. The smallest absolute Gasteiger partial charge is 0.205 e. The van der Waals surface area contributed by atoms with Crippen LogP contribution in [-0.4, -0.2) is 9.04 Å². The van der Waals surface area contributed by atoms with Crippen LogP contribution in [0.25, 0.3) is 0 Å². The number of rotatable bonds is 3. The molecule has 1 rings (SSSR count). The van der Waals surface area contributed by atoms with Crippen molar-refractivity contribution in [1.82, 2.24) is 0 Å². The van der Waals surface area contributed by atoms with Crippen LogP contribution in [0.5, 0.6) is 0 Å². The molecule has 1 aromatic carbocycles. The summed E-state index contributed by atoms with van der Waals surface area (Å²) in [6.07, 6.45) is 0. The summed E-state index contributed by atoms with van der Waals surface area (Å²) in [6.45, 7) is 11.8.